The smallest absolute Gasteiger partial charge is 0.244 e. The van der Waals surface area contributed by atoms with Crippen molar-refractivity contribution in [1.82, 2.24) is 30.9 Å². The fraction of sp³-hybridized carbons (Fsp3) is 0.440. The van der Waals surface area contributed by atoms with Crippen LogP contribution in [0.25, 0.3) is 11.3 Å². The number of rotatable bonds is 9. The predicted molar refractivity (Wildman–Crippen MR) is 133 cm³/mol. The van der Waals surface area contributed by atoms with Crippen molar-refractivity contribution in [2.24, 2.45) is 5.41 Å². The van der Waals surface area contributed by atoms with E-state index in [1.54, 1.807) is 11.7 Å². The Bertz CT molecular complexity index is 1190. The lowest BCUT2D eigenvalue weighted by atomic mass is 9.80. The van der Waals surface area contributed by atoms with Crippen molar-refractivity contribution in [2.45, 2.75) is 32.2 Å². The summed E-state index contributed by atoms with van der Waals surface area (Å²) in [7, 11) is 0. The fourth-order valence-corrected chi connectivity index (χ4v) is 5.82. The molecule has 3 aromatic rings. The highest BCUT2D eigenvalue weighted by Crippen LogP contribution is 2.40. The third-order valence-corrected chi connectivity index (χ3v) is 7.86. The topological polar surface area (TPSA) is 132 Å². The average molecular weight is 511 g/mol. The number of hydroxylamine groups is 1. The van der Waals surface area contributed by atoms with E-state index < -0.39 is 11.3 Å². The van der Waals surface area contributed by atoms with Gasteiger partial charge in [0.05, 0.1) is 37.1 Å². The van der Waals surface area contributed by atoms with Crippen LogP contribution in [0.5, 0.6) is 0 Å². The Hall–Kier alpha value is -3.12. The molecule has 2 amide bonds. The third-order valence-electron chi connectivity index (χ3n) is 7.01. The van der Waals surface area contributed by atoms with Gasteiger partial charge in [0, 0.05) is 49.1 Å². The summed E-state index contributed by atoms with van der Waals surface area (Å²) < 4.78 is 5.42. The molecule has 0 radical (unpaired) electrons. The lowest BCUT2D eigenvalue weighted by Gasteiger charge is -2.26. The van der Waals surface area contributed by atoms with Crippen molar-refractivity contribution in [3.8, 4) is 11.3 Å². The Morgan fingerprint density at radius 2 is 1.94 bits per heavy atom. The minimum Gasteiger partial charge on any atom is -0.379 e. The molecule has 0 atom stereocenters. The summed E-state index contributed by atoms with van der Waals surface area (Å²) in [6.07, 6.45) is 3.45. The molecule has 0 saturated carbocycles. The van der Waals surface area contributed by atoms with Crippen molar-refractivity contribution >= 4 is 23.2 Å². The van der Waals surface area contributed by atoms with Gasteiger partial charge in [0.25, 0.3) is 0 Å². The van der Waals surface area contributed by atoms with Gasteiger partial charge in [-0.1, -0.05) is 24.3 Å². The number of nitrogens with zero attached hydrogens (tertiary/aromatic N) is 3. The monoisotopic (exact) mass is 510 g/mol. The molecular formula is C25H30N6O4S. The van der Waals surface area contributed by atoms with E-state index in [-0.39, 0.29) is 18.9 Å². The van der Waals surface area contributed by atoms with E-state index in [1.807, 2.05) is 29.6 Å². The number of nitrogens with one attached hydrogen (secondary N) is 3. The maximum atomic E-state index is 13.4. The van der Waals surface area contributed by atoms with Gasteiger partial charge in [0.15, 0.2) is 0 Å². The summed E-state index contributed by atoms with van der Waals surface area (Å²) in [5, 5.41) is 22.2. The van der Waals surface area contributed by atoms with Crippen LogP contribution in [0.4, 0.5) is 0 Å². The van der Waals surface area contributed by atoms with Crippen LogP contribution in [0.15, 0.2) is 35.8 Å². The van der Waals surface area contributed by atoms with Crippen LogP contribution in [-0.2, 0) is 40.1 Å². The molecule has 2 aliphatic rings. The van der Waals surface area contributed by atoms with Crippen LogP contribution in [0.2, 0.25) is 0 Å². The van der Waals surface area contributed by atoms with E-state index >= 15 is 0 Å². The third kappa shape index (κ3) is 5.34. The lowest BCUT2D eigenvalue weighted by molar-refractivity contribution is -0.139. The molecule has 1 aromatic carbocycles. The predicted octanol–water partition coefficient (Wildman–Crippen LogP) is 1.70. The highest BCUT2D eigenvalue weighted by atomic mass is 32.1. The number of amides is 2. The Labute approximate surface area is 213 Å². The van der Waals surface area contributed by atoms with Gasteiger partial charge in [0.1, 0.15) is 5.01 Å². The van der Waals surface area contributed by atoms with Crippen LogP contribution < -0.4 is 10.8 Å². The zero-order valence-corrected chi connectivity index (χ0v) is 20.8. The molecule has 0 spiro atoms. The molecule has 5 rings (SSSR count). The first-order chi connectivity index (χ1) is 17.6. The van der Waals surface area contributed by atoms with E-state index in [2.05, 4.69) is 20.4 Å². The van der Waals surface area contributed by atoms with Crippen molar-refractivity contribution in [3.63, 3.8) is 0 Å². The molecule has 2 aromatic heterocycles. The van der Waals surface area contributed by atoms with Crippen LogP contribution in [0, 0.1) is 5.41 Å². The molecular weight excluding hydrogens is 480 g/mol. The van der Waals surface area contributed by atoms with Crippen LogP contribution in [0.1, 0.15) is 28.2 Å². The van der Waals surface area contributed by atoms with E-state index in [0.29, 0.717) is 12.8 Å². The molecule has 1 fully saturated rings. The van der Waals surface area contributed by atoms with Gasteiger partial charge in [0.2, 0.25) is 11.8 Å². The first-order valence-corrected chi connectivity index (χ1v) is 13.0. The van der Waals surface area contributed by atoms with Gasteiger partial charge in [-0.2, -0.15) is 5.10 Å². The van der Waals surface area contributed by atoms with Gasteiger partial charge >= 0.3 is 0 Å². The Balaban J connectivity index is 1.23. The minimum atomic E-state index is -0.937. The zero-order chi connectivity index (χ0) is 25.0. The number of ether oxygens (including phenoxy) is 1. The molecule has 3 heterocycles. The number of thiazole rings is 1. The molecule has 11 heteroatoms. The summed E-state index contributed by atoms with van der Waals surface area (Å²) in [5.41, 5.74) is 5.70. The van der Waals surface area contributed by atoms with Crippen LogP contribution in [0.3, 0.4) is 0 Å². The fourth-order valence-electron chi connectivity index (χ4n) is 5.08. The molecule has 10 nitrogen and oxygen atoms in total. The maximum Gasteiger partial charge on any atom is 0.244 e. The number of fused-ring (bicyclic) bond motifs is 1. The minimum absolute atomic E-state index is 0.0886. The largest absolute Gasteiger partial charge is 0.379 e. The van der Waals surface area contributed by atoms with Crippen molar-refractivity contribution in [1.29, 1.82) is 0 Å². The highest BCUT2D eigenvalue weighted by molar-refractivity contribution is 7.09. The number of hydrogen-bond acceptors (Lipinski definition) is 8. The van der Waals surface area contributed by atoms with E-state index in [4.69, 9.17) is 14.9 Å². The summed E-state index contributed by atoms with van der Waals surface area (Å²) >= 11 is 1.48. The summed E-state index contributed by atoms with van der Waals surface area (Å²) in [6, 6.07) is 7.83. The number of carbonyl (C=O) groups is 2. The number of morpholine rings is 1. The molecule has 0 bridgehead atoms. The van der Waals surface area contributed by atoms with Gasteiger partial charge in [-0.25, -0.2) is 10.5 Å². The van der Waals surface area contributed by atoms with E-state index in [9.17, 15) is 9.59 Å². The van der Waals surface area contributed by atoms with Crippen molar-refractivity contribution < 1.29 is 19.5 Å². The van der Waals surface area contributed by atoms with E-state index in [1.165, 1.54) is 11.3 Å². The Morgan fingerprint density at radius 3 is 2.67 bits per heavy atom. The second-order valence-corrected chi connectivity index (χ2v) is 10.3. The van der Waals surface area contributed by atoms with Crippen LogP contribution >= 0.6 is 11.3 Å². The molecule has 4 N–H and O–H groups in total. The average Bonchev–Trinajstić information content (AvgIpc) is 3.64. The number of carbonyl (C=O) groups excluding carboxylic acids is 2. The molecule has 190 valence electrons. The SMILES string of the molecule is O=C(CC1(C(=O)NCc2nc(-c3cn[nH]c3CCN3CCOCC3)cs2)Cc2ccccc2C1)NO. The van der Waals surface area contributed by atoms with Gasteiger partial charge < -0.3 is 10.1 Å². The normalized spacial score (nSPS) is 17.0. The number of H-pyrrole nitrogens is 1. The molecule has 1 aliphatic heterocycles. The summed E-state index contributed by atoms with van der Waals surface area (Å²) in [6.45, 7) is 4.62. The maximum absolute atomic E-state index is 13.4. The molecule has 36 heavy (non-hydrogen) atoms. The lowest BCUT2D eigenvalue weighted by Crippen LogP contribution is -2.44. The first kappa shape index (κ1) is 24.6. The van der Waals surface area contributed by atoms with Gasteiger partial charge in [-0.3, -0.25) is 24.8 Å². The van der Waals surface area contributed by atoms with Crippen molar-refractivity contribution in [3.05, 3.63) is 57.7 Å². The summed E-state index contributed by atoms with van der Waals surface area (Å²) in [4.78, 5) is 32.5. The first-order valence-electron chi connectivity index (χ1n) is 12.1. The zero-order valence-electron chi connectivity index (χ0n) is 20.0. The standard InChI is InChI=1S/C25H30N6O4S/c32-22(30-34)13-25(11-17-3-1-2-4-18(17)12-25)24(33)26-15-23-28-21(16-36-23)19-14-27-29-20(19)5-6-31-7-9-35-10-8-31/h1-4,14,16,34H,5-13,15H2,(H,26,33)(H,27,29)(H,30,32). The van der Waals surface area contributed by atoms with Crippen molar-refractivity contribution in [2.75, 3.05) is 32.8 Å². The molecule has 1 saturated heterocycles. The van der Waals surface area contributed by atoms with Gasteiger partial charge in [-0.05, 0) is 24.0 Å². The molecule has 1 aliphatic carbocycles. The van der Waals surface area contributed by atoms with E-state index in [0.717, 1.165) is 72.4 Å². The molecule has 0 unspecified atom stereocenters. The highest BCUT2D eigenvalue weighted by Gasteiger charge is 2.45. The van der Waals surface area contributed by atoms with Gasteiger partial charge in [-0.15, -0.1) is 11.3 Å². The second kappa shape index (κ2) is 10.9. The Morgan fingerprint density at radius 1 is 1.19 bits per heavy atom. The quantitative estimate of drug-likeness (QED) is 0.254. The second-order valence-electron chi connectivity index (χ2n) is 9.39. The van der Waals surface area contributed by atoms with Crippen LogP contribution in [-0.4, -0.2) is 70.0 Å². The Kier molecular flexibility index (Phi) is 7.42. The summed E-state index contributed by atoms with van der Waals surface area (Å²) in [5.74, 6) is -0.785. The number of aromatic amines is 1. The number of hydrogen-bond donors (Lipinski definition) is 4. The number of benzene rings is 1. The number of aromatic nitrogens is 3.